The predicted molar refractivity (Wildman–Crippen MR) is 116 cm³/mol. The fourth-order valence-corrected chi connectivity index (χ4v) is 4.25. The van der Waals surface area contributed by atoms with Crippen LogP contribution in [-0.2, 0) is 0 Å². The van der Waals surface area contributed by atoms with Gasteiger partial charge in [0.25, 0.3) is 0 Å². The average Bonchev–Trinajstić information content (AvgIpc) is 3.07. The fourth-order valence-electron chi connectivity index (χ4n) is 4.25. The van der Waals surface area contributed by atoms with Crippen LogP contribution in [0, 0.1) is 17.1 Å². The molecule has 1 aliphatic rings. The second-order valence-electron chi connectivity index (χ2n) is 8.31. The molecule has 1 saturated carbocycles. The zero-order chi connectivity index (χ0) is 21.8. The van der Waals surface area contributed by atoms with E-state index in [4.69, 9.17) is 5.73 Å². The van der Waals surface area contributed by atoms with Crippen molar-refractivity contribution in [1.29, 1.82) is 5.26 Å². The standard InChI is InChI=1S/C24H20FN5O/c1-24(31)11-16(12-24)30-23(27)18(13-26)22(29-30)15-7-6-14-8-9-20(28-21(14)10-15)17-4-2-3-5-19(17)25/h2-10,16,31H,11-12,27H2,1H3. The number of nitrogens with two attached hydrogens (primary N) is 1. The van der Waals surface area contributed by atoms with Gasteiger partial charge in [-0.05, 0) is 44.0 Å². The predicted octanol–water partition coefficient (Wildman–Crippen LogP) is 4.44. The summed E-state index contributed by atoms with van der Waals surface area (Å²) in [5.74, 6) is -0.0358. The smallest absolute Gasteiger partial charge is 0.140 e. The highest BCUT2D eigenvalue weighted by Crippen LogP contribution is 2.43. The Balaban J connectivity index is 1.59. The molecule has 0 saturated heterocycles. The van der Waals surface area contributed by atoms with Crippen molar-refractivity contribution in [2.24, 2.45) is 0 Å². The molecular weight excluding hydrogens is 393 g/mol. The Bertz CT molecular complexity index is 1360. The number of hydrogen-bond donors (Lipinski definition) is 2. The first-order valence-corrected chi connectivity index (χ1v) is 10.0. The molecule has 0 atom stereocenters. The Labute approximate surface area is 178 Å². The molecule has 4 aromatic rings. The molecule has 154 valence electrons. The van der Waals surface area contributed by atoms with Crippen molar-refractivity contribution < 1.29 is 9.50 Å². The van der Waals surface area contributed by atoms with E-state index >= 15 is 0 Å². The first-order chi connectivity index (χ1) is 14.9. The van der Waals surface area contributed by atoms with Gasteiger partial charge in [-0.1, -0.05) is 30.3 Å². The summed E-state index contributed by atoms with van der Waals surface area (Å²) in [6, 6.07) is 17.9. The van der Waals surface area contributed by atoms with E-state index in [2.05, 4.69) is 16.2 Å². The number of hydrogen-bond acceptors (Lipinski definition) is 5. The molecule has 0 unspecified atom stereocenters. The second kappa shape index (κ2) is 6.89. The van der Waals surface area contributed by atoms with Crippen molar-refractivity contribution >= 4 is 16.7 Å². The van der Waals surface area contributed by atoms with Crippen LogP contribution in [-0.4, -0.2) is 25.5 Å². The molecule has 2 aromatic heterocycles. The van der Waals surface area contributed by atoms with E-state index in [9.17, 15) is 14.8 Å². The van der Waals surface area contributed by atoms with E-state index in [1.807, 2.05) is 24.3 Å². The number of nitriles is 1. The Morgan fingerprint density at radius 1 is 1.19 bits per heavy atom. The van der Waals surface area contributed by atoms with Gasteiger partial charge >= 0.3 is 0 Å². The summed E-state index contributed by atoms with van der Waals surface area (Å²) in [4.78, 5) is 4.64. The summed E-state index contributed by atoms with van der Waals surface area (Å²) < 4.78 is 15.9. The van der Waals surface area contributed by atoms with Gasteiger partial charge in [0, 0.05) is 16.5 Å². The van der Waals surface area contributed by atoms with Crippen LogP contribution >= 0.6 is 0 Å². The lowest BCUT2D eigenvalue weighted by Crippen LogP contribution is -2.42. The largest absolute Gasteiger partial charge is 0.390 e. The lowest BCUT2D eigenvalue weighted by atomic mass is 9.77. The average molecular weight is 413 g/mol. The normalized spacial score (nSPS) is 20.4. The Morgan fingerprint density at radius 3 is 2.65 bits per heavy atom. The van der Waals surface area contributed by atoms with Gasteiger partial charge in [0.05, 0.1) is 22.9 Å². The van der Waals surface area contributed by atoms with Gasteiger partial charge in [-0.25, -0.2) is 14.1 Å². The number of anilines is 1. The molecular formula is C24H20FN5O. The van der Waals surface area contributed by atoms with Gasteiger partial charge in [0.1, 0.15) is 29.0 Å². The molecule has 0 aliphatic heterocycles. The number of nitrogen functional groups attached to an aromatic ring is 1. The van der Waals surface area contributed by atoms with Crippen LogP contribution in [0.2, 0.25) is 0 Å². The van der Waals surface area contributed by atoms with Crippen LogP contribution in [0.1, 0.15) is 31.4 Å². The molecule has 0 amide bonds. The fraction of sp³-hybridized carbons (Fsp3) is 0.208. The van der Waals surface area contributed by atoms with Crippen LogP contribution < -0.4 is 5.73 Å². The van der Waals surface area contributed by atoms with Gasteiger partial charge in [0.2, 0.25) is 0 Å². The molecule has 1 aliphatic carbocycles. The van der Waals surface area contributed by atoms with Gasteiger partial charge in [-0.2, -0.15) is 10.4 Å². The number of halogens is 1. The van der Waals surface area contributed by atoms with Crippen molar-refractivity contribution in [2.45, 2.75) is 31.4 Å². The van der Waals surface area contributed by atoms with E-state index in [1.54, 1.807) is 35.9 Å². The van der Waals surface area contributed by atoms with Crippen LogP contribution in [0.5, 0.6) is 0 Å². The van der Waals surface area contributed by atoms with Crippen molar-refractivity contribution in [2.75, 3.05) is 5.73 Å². The molecule has 3 N–H and O–H groups in total. The maximum Gasteiger partial charge on any atom is 0.140 e. The third kappa shape index (κ3) is 3.22. The first kappa shape index (κ1) is 19.2. The number of rotatable bonds is 3. The van der Waals surface area contributed by atoms with E-state index < -0.39 is 5.60 Å². The number of fused-ring (bicyclic) bond motifs is 1. The van der Waals surface area contributed by atoms with Gasteiger partial charge in [0.15, 0.2) is 0 Å². The number of aliphatic hydroxyl groups is 1. The third-order valence-corrected chi connectivity index (χ3v) is 5.87. The van der Waals surface area contributed by atoms with E-state index in [0.29, 0.717) is 52.3 Å². The monoisotopic (exact) mass is 413 g/mol. The van der Waals surface area contributed by atoms with Crippen molar-refractivity contribution in [3.8, 4) is 28.6 Å². The minimum Gasteiger partial charge on any atom is -0.390 e. The molecule has 6 nitrogen and oxygen atoms in total. The summed E-state index contributed by atoms with van der Waals surface area (Å²) in [6.07, 6.45) is 1.07. The first-order valence-electron chi connectivity index (χ1n) is 10.0. The zero-order valence-corrected chi connectivity index (χ0v) is 16.9. The highest BCUT2D eigenvalue weighted by molar-refractivity contribution is 5.87. The minimum absolute atomic E-state index is 0.0397. The maximum atomic E-state index is 14.2. The van der Waals surface area contributed by atoms with E-state index in [-0.39, 0.29) is 11.9 Å². The van der Waals surface area contributed by atoms with Crippen molar-refractivity contribution in [3.63, 3.8) is 0 Å². The summed E-state index contributed by atoms with van der Waals surface area (Å²) >= 11 is 0. The summed E-state index contributed by atoms with van der Waals surface area (Å²) in [6.45, 7) is 1.78. The van der Waals surface area contributed by atoms with Gasteiger partial charge < -0.3 is 10.8 Å². The van der Waals surface area contributed by atoms with Gasteiger partial charge in [-0.3, -0.25) is 0 Å². The molecule has 2 aromatic carbocycles. The molecule has 1 fully saturated rings. The quantitative estimate of drug-likeness (QED) is 0.517. The number of pyridine rings is 1. The van der Waals surface area contributed by atoms with Crippen molar-refractivity contribution in [3.05, 3.63) is 66.0 Å². The SMILES string of the molecule is CC1(O)CC(n2nc(-c3ccc4ccc(-c5ccccc5F)nc4c3)c(C#N)c2N)C1. The summed E-state index contributed by atoms with van der Waals surface area (Å²) in [7, 11) is 0. The number of aromatic nitrogens is 3. The molecule has 2 heterocycles. The molecule has 0 bridgehead atoms. The molecule has 5 rings (SSSR count). The summed E-state index contributed by atoms with van der Waals surface area (Å²) in [5.41, 5.74) is 8.61. The second-order valence-corrected chi connectivity index (χ2v) is 8.31. The number of nitrogens with zero attached hydrogens (tertiary/aromatic N) is 4. The molecule has 7 heteroatoms. The van der Waals surface area contributed by atoms with Crippen LogP contribution in [0.15, 0.2) is 54.6 Å². The third-order valence-electron chi connectivity index (χ3n) is 5.87. The molecule has 31 heavy (non-hydrogen) atoms. The van der Waals surface area contributed by atoms with Crippen LogP contribution in [0.3, 0.4) is 0 Å². The Kier molecular flexibility index (Phi) is 4.27. The topological polar surface area (TPSA) is 101 Å². The molecule has 0 spiro atoms. The van der Waals surface area contributed by atoms with E-state index in [0.717, 1.165) is 5.39 Å². The van der Waals surface area contributed by atoms with Gasteiger partial charge in [-0.15, -0.1) is 0 Å². The number of benzene rings is 2. The highest BCUT2D eigenvalue weighted by Gasteiger charge is 2.41. The maximum absolute atomic E-state index is 14.2. The lowest BCUT2D eigenvalue weighted by molar-refractivity contribution is -0.0535. The van der Waals surface area contributed by atoms with Crippen molar-refractivity contribution in [1.82, 2.24) is 14.8 Å². The van der Waals surface area contributed by atoms with Crippen LogP contribution in [0.25, 0.3) is 33.4 Å². The summed E-state index contributed by atoms with van der Waals surface area (Å²) in [5, 5.41) is 25.3. The van der Waals surface area contributed by atoms with Crippen LogP contribution in [0.4, 0.5) is 10.2 Å². The lowest BCUT2D eigenvalue weighted by Gasteiger charge is -2.41. The Hall–Kier alpha value is -3.76. The zero-order valence-electron chi connectivity index (χ0n) is 16.9. The highest BCUT2D eigenvalue weighted by atomic mass is 19.1. The Morgan fingerprint density at radius 2 is 1.94 bits per heavy atom. The minimum atomic E-state index is -0.730. The van der Waals surface area contributed by atoms with E-state index in [1.165, 1.54) is 6.07 Å². The molecule has 0 radical (unpaired) electrons.